The van der Waals surface area contributed by atoms with Crippen molar-refractivity contribution in [3.05, 3.63) is 52.7 Å². The summed E-state index contributed by atoms with van der Waals surface area (Å²) in [5.74, 6) is -0.0584. The van der Waals surface area contributed by atoms with E-state index in [1.165, 1.54) is 0 Å². The molecule has 2 heterocycles. The van der Waals surface area contributed by atoms with Crippen LogP contribution in [0.1, 0.15) is 12.0 Å². The van der Waals surface area contributed by atoms with Crippen molar-refractivity contribution < 1.29 is 9.59 Å². The van der Waals surface area contributed by atoms with E-state index in [9.17, 15) is 9.59 Å². The van der Waals surface area contributed by atoms with Crippen molar-refractivity contribution in [2.24, 2.45) is 0 Å². The van der Waals surface area contributed by atoms with Crippen LogP contribution in [0.15, 0.2) is 47.2 Å². The predicted molar refractivity (Wildman–Crippen MR) is 86.9 cm³/mol. The molecule has 0 unspecified atom stereocenters. The molecule has 3 amide bonds. The van der Waals surface area contributed by atoms with Crippen LogP contribution in [0.4, 0.5) is 10.5 Å². The Morgan fingerprint density at radius 3 is 2.82 bits per heavy atom. The number of para-hydroxylation sites is 1. The van der Waals surface area contributed by atoms with Gasteiger partial charge in [-0.3, -0.25) is 4.79 Å². The van der Waals surface area contributed by atoms with Gasteiger partial charge in [-0.15, -0.1) is 0 Å². The molecule has 5 nitrogen and oxygen atoms in total. The lowest BCUT2D eigenvalue weighted by atomic mass is 10.2. The SMILES string of the molecule is O=C(NCc1ccsc1)N[C@@H]1CCN(c2ccccc2)C1=O. The van der Waals surface area contributed by atoms with Crippen LogP contribution in [-0.4, -0.2) is 24.5 Å². The zero-order valence-corrected chi connectivity index (χ0v) is 12.8. The number of carbonyl (C=O) groups is 2. The van der Waals surface area contributed by atoms with Gasteiger partial charge in [-0.25, -0.2) is 4.79 Å². The van der Waals surface area contributed by atoms with Gasteiger partial charge >= 0.3 is 6.03 Å². The molecular formula is C16H17N3O2S. The lowest BCUT2D eigenvalue weighted by molar-refractivity contribution is -0.118. The summed E-state index contributed by atoms with van der Waals surface area (Å²) in [6.07, 6.45) is 0.625. The normalized spacial score (nSPS) is 17.5. The number of hydrogen-bond donors (Lipinski definition) is 2. The lowest BCUT2D eigenvalue weighted by Crippen LogP contribution is -2.45. The second kappa shape index (κ2) is 6.62. The van der Waals surface area contributed by atoms with Crippen LogP contribution in [-0.2, 0) is 11.3 Å². The van der Waals surface area contributed by atoms with Gasteiger partial charge in [-0.05, 0) is 40.9 Å². The molecule has 2 N–H and O–H groups in total. The molecule has 1 aromatic heterocycles. The molecule has 0 aliphatic carbocycles. The van der Waals surface area contributed by atoms with Gasteiger partial charge in [0.25, 0.3) is 0 Å². The highest BCUT2D eigenvalue weighted by Crippen LogP contribution is 2.20. The maximum atomic E-state index is 12.4. The van der Waals surface area contributed by atoms with Gasteiger partial charge in [-0.1, -0.05) is 18.2 Å². The van der Waals surface area contributed by atoms with E-state index in [0.29, 0.717) is 19.5 Å². The Kier molecular flexibility index (Phi) is 4.39. The lowest BCUT2D eigenvalue weighted by Gasteiger charge is -2.17. The number of anilines is 1. The average molecular weight is 315 g/mol. The zero-order valence-electron chi connectivity index (χ0n) is 12.0. The number of hydrogen-bond acceptors (Lipinski definition) is 3. The van der Waals surface area contributed by atoms with Crippen molar-refractivity contribution in [2.75, 3.05) is 11.4 Å². The van der Waals surface area contributed by atoms with E-state index in [0.717, 1.165) is 11.3 Å². The Balaban J connectivity index is 1.53. The Hall–Kier alpha value is -2.34. The largest absolute Gasteiger partial charge is 0.334 e. The van der Waals surface area contributed by atoms with E-state index in [2.05, 4.69) is 10.6 Å². The van der Waals surface area contributed by atoms with Crippen molar-refractivity contribution in [1.82, 2.24) is 10.6 Å². The molecule has 1 fully saturated rings. The van der Waals surface area contributed by atoms with Crippen molar-refractivity contribution in [1.29, 1.82) is 0 Å². The van der Waals surface area contributed by atoms with Crippen LogP contribution >= 0.6 is 11.3 Å². The standard InChI is InChI=1S/C16H17N3O2S/c20-15-14(6-8-19(15)13-4-2-1-3-5-13)18-16(21)17-10-12-7-9-22-11-12/h1-5,7,9,11,14H,6,8,10H2,(H2,17,18,21)/t14-/m1/s1. The van der Waals surface area contributed by atoms with E-state index in [1.807, 2.05) is 47.2 Å². The maximum absolute atomic E-state index is 12.4. The highest BCUT2D eigenvalue weighted by molar-refractivity contribution is 7.07. The highest BCUT2D eigenvalue weighted by atomic mass is 32.1. The van der Waals surface area contributed by atoms with E-state index in [4.69, 9.17) is 0 Å². The first-order valence-corrected chi connectivity index (χ1v) is 8.10. The minimum absolute atomic E-state index is 0.0584. The minimum atomic E-state index is -0.456. The van der Waals surface area contributed by atoms with Crippen LogP contribution in [0.5, 0.6) is 0 Å². The fourth-order valence-corrected chi connectivity index (χ4v) is 3.13. The van der Waals surface area contributed by atoms with Crippen LogP contribution in [0.2, 0.25) is 0 Å². The van der Waals surface area contributed by atoms with Gasteiger partial charge < -0.3 is 15.5 Å². The Labute approximate surface area is 132 Å². The summed E-state index contributed by atoms with van der Waals surface area (Å²) in [4.78, 5) is 26.0. The molecule has 1 atom stereocenters. The number of urea groups is 1. The number of nitrogens with zero attached hydrogens (tertiary/aromatic N) is 1. The zero-order chi connectivity index (χ0) is 15.4. The number of benzene rings is 1. The summed E-state index contributed by atoms with van der Waals surface area (Å²) in [5.41, 5.74) is 1.93. The molecule has 0 saturated carbocycles. The van der Waals surface area contributed by atoms with Crippen molar-refractivity contribution >= 4 is 29.0 Å². The topological polar surface area (TPSA) is 61.4 Å². The maximum Gasteiger partial charge on any atom is 0.315 e. The fraction of sp³-hybridized carbons (Fsp3) is 0.250. The second-order valence-corrected chi connectivity index (χ2v) is 5.91. The van der Waals surface area contributed by atoms with Crippen molar-refractivity contribution in [3.63, 3.8) is 0 Å². The molecule has 22 heavy (non-hydrogen) atoms. The molecule has 1 aromatic carbocycles. The second-order valence-electron chi connectivity index (χ2n) is 5.13. The van der Waals surface area contributed by atoms with Crippen LogP contribution < -0.4 is 15.5 Å². The predicted octanol–water partition coefficient (Wildman–Crippen LogP) is 2.35. The van der Waals surface area contributed by atoms with E-state index >= 15 is 0 Å². The van der Waals surface area contributed by atoms with Gasteiger partial charge in [0.05, 0.1) is 0 Å². The number of nitrogens with one attached hydrogen (secondary N) is 2. The fourth-order valence-electron chi connectivity index (χ4n) is 2.46. The average Bonchev–Trinajstić information content (AvgIpc) is 3.17. The van der Waals surface area contributed by atoms with Crippen LogP contribution in [0.3, 0.4) is 0 Å². The summed E-state index contributed by atoms with van der Waals surface area (Å²) in [6.45, 7) is 1.09. The summed E-state index contributed by atoms with van der Waals surface area (Å²) < 4.78 is 0. The molecule has 0 radical (unpaired) electrons. The number of carbonyl (C=O) groups excluding carboxylic acids is 2. The minimum Gasteiger partial charge on any atom is -0.334 e. The third-order valence-electron chi connectivity index (χ3n) is 3.61. The molecule has 6 heteroatoms. The van der Waals surface area contributed by atoms with Gasteiger partial charge in [-0.2, -0.15) is 11.3 Å². The van der Waals surface area contributed by atoms with Crippen molar-refractivity contribution in [3.8, 4) is 0 Å². The third-order valence-corrected chi connectivity index (χ3v) is 4.34. The van der Waals surface area contributed by atoms with Gasteiger partial charge in [0.2, 0.25) is 5.91 Å². The Morgan fingerprint density at radius 2 is 2.09 bits per heavy atom. The molecule has 0 bridgehead atoms. The van der Waals surface area contributed by atoms with Crippen LogP contribution in [0, 0.1) is 0 Å². The number of amides is 3. The highest BCUT2D eigenvalue weighted by Gasteiger charge is 2.33. The molecule has 114 valence electrons. The van der Waals surface area contributed by atoms with Gasteiger partial charge in [0.1, 0.15) is 6.04 Å². The van der Waals surface area contributed by atoms with Crippen LogP contribution in [0.25, 0.3) is 0 Å². The molecule has 1 saturated heterocycles. The monoisotopic (exact) mass is 315 g/mol. The Bertz CT molecular complexity index is 643. The van der Waals surface area contributed by atoms with E-state index < -0.39 is 6.04 Å². The first kappa shape index (κ1) is 14.6. The smallest absolute Gasteiger partial charge is 0.315 e. The first-order chi connectivity index (χ1) is 10.7. The third kappa shape index (κ3) is 3.28. The summed E-state index contributed by atoms with van der Waals surface area (Å²) in [5, 5.41) is 9.48. The van der Waals surface area contributed by atoms with E-state index in [1.54, 1.807) is 16.2 Å². The Morgan fingerprint density at radius 1 is 1.27 bits per heavy atom. The molecule has 1 aliphatic heterocycles. The molecule has 0 spiro atoms. The summed E-state index contributed by atoms with van der Waals surface area (Å²) in [6, 6.07) is 10.7. The van der Waals surface area contributed by atoms with Crippen molar-refractivity contribution in [2.45, 2.75) is 19.0 Å². The number of thiophene rings is 1. The van der Waals surface area contributed by atoms with E-state index in [-0.39, 0.29) is 11.9 Å². The van der Waals surface area contributed by atoms with Gasteiger partial charge in [0, 0.05) is 18.8 Å². The molecule has 3 rings (SSSR count). The number of rotatable bonds is 4. The van der Waals surface area contributed by atoms with Gasteiger partial charge in [0.15, 0.2) is 0 Å². The quantitative estimate of drug-likeness (QED) is 0.910. The molecule has 2 aromatic rings. The molecular weight excluding hydrogens is 298 g/mol. The first-order valence-electron chi connectivity index (χ1n) is 7.16. The summed E-state index contributed by atoms with van der Waals surface area (Å²) >= 11 is 1.59. The summed E-state index contributed by atoms with van der Waals surface area (Å²) in [7, 11) is 0. The molecule has 1 aliphatic rings.